The third kappa shape index (κ3) is 5.51. The van der Waals surface area contributed by atoms with E-state index in [4.69, 9.17) is 5.73 Å². The summed E-state index contributed by atoms with van der Waals surface area (Å²) in [4.78, 5) is 29.5. The Morgan fingerprint density at radius 2 is 1.62 bits per heavy atom. The van der Waals surface area contributed by atoms with Crippen LogP contribution in [0.15, 0.2) is 48.5 Å². The molecule has 0 aliphatic carbocycles. The molecule has 1 saturated heterocycles. The molecule has 2 aromatic carbocycles. The number of anilines is 2. The van der Waals surface area contributed by atoms with Crippen LogP contribution < -0.4 is 15.5 Å². The van der Waals surface area contributed by atoms with Gasteiger partial charge in [-0.3, -0.25) is 14.5 Å². The molecule has 2 aromatic rings. The number of nitrogens with two attached hydrogens (primary N) is 1. The van der Waals surface area contributed by atoms with E-state index in [1.54, 1.807) is 18.2 Å². The van der Waals surface area contributed by atoms with Crippen LogP contribution in [0.5, 0.6) is 0 Å². The summed E-state index contributed by atoms with van der Waals surface area (Å²) in [5.74, 6) is -1.37. The van der Waals surface area contributed by atoms with Crippen LogP contribution in [-0.2, 0) is 9.59 Å². The van der Waals surface area contributed by atoms with Gasteiger partial charge >= 0.3 is 0 Å². The zero-order valence-electron chi connectivity index (χ0n) is 16.1. The Hall–Kier alpha value is -3.00. The first-order chi connectivity index (χ1) is 13.9. The van der Waals surface area contributed by atoms with Gasteiger partial charge in [0.05, 0.1) is 12.2 Å². The van der Waals surface area contributed by atoms with Crippen LogP contribution in [0, 0.1) is 11.6 Å². The number of rotatable bonds is 7. The SMILES string of the molecule is NC(=O)CCN(C(=O)CN1CCN(c2ccccc2F)CC1)c1ccc(F)cc1. The van der Waals surface area contributed by atoms with Crippen molar-refractivity contribution in [2.45, 2.75) is 6.42 Å². The lowest BCUT2D eigenvalue weighted by Crippen LogP contribution is -2.50. The standard InChI is InChI=1S/C21H24F2N4O2/c22-16-5-7-17(8-6-16)27(10-9-20(24)28)21(29)15-25-11-13-26(14-12-25)19-4-2-1-3-18(19)23/h1-8H,9-15H2,(H2,24,28). The molecule has 0 atom stereocenters. The maximum atomic E-state index is 14.0. The van der Waals surface area contributed by atoms with Crippen molar-refractivity contribution in [2.75, 3.05) is 49.1 Å². The topological polar surface area (TPSA) is 69.9 Å². The minimum atomic E-state index is -0.511. The highest BCUT2D eigenvalue weighted by molar-refractivity contribution is 5.95. The molecule has 1 fully saturated rings. The Bertz CT molecular complexity index is 852. The number of amides is 2. The Labute approximate surface area is 168 Å². The molecule has 0 radical (unpaired) electrons. The number of nitrogens with zero attached hydrogens (tertiary/aromatic N) is 3. The second-order valence-electron chi connectivity index (χ2n) is 6.95. The fraction of sp³-hybridized carbons (Fsp3) is 0.333. The van der Waals surface area contributed by atoms with E-state index in [1.165, 1.54) is 35.2 Å². The van der Waals surface area contributed by atoms with Gasteiger partial charge in [-0.1, -0.05) is 12.1 Å². The summed E-state index contributed by atoms with van der Waals surface area (Å²) in [6, 6.07) is 12.2. The third-order valence-corrected chi connectivity index (χ3v) is 4.95. The summed E-state index contributed by atoms with van der Waals surface area (Å²) in [6.07, 6.45) is 0.0180. The largest absolute Gasteiger partial charge is 0.370 e. The van der Waals surface area contributed by atoms with Gasteiger partial charge in [0.2, 0.25) is 11.8 Å². The number of primary amides is 1. The van der Waals surface area contributed by atoms with Crippen LogP contribution in [0.1, 0.15) is 6.42 Å². The second kappa shape index (κ2) is 9.47. The van der Waals surface area contributed by atoms with E-state index in [0.29, 0.717) is 37.6 Å². The number of hydrogen-bond acceptors (Lipinski definition) is 4. The first kappa shape index (κ1) is 20.7. The molecule has 1 aliphatic rings. The van der Waals surface area contributed by atoms with E-state index in [0.717, 1.165) is 0 Å². The molecule has 0 saturated carbocycles. The minimum absolute atomic E-state index is 0.0180. The van der Waals surface area contributed by atoms with Gasteiger partial charge in [0, 0.05) is 44.8 Å². The summed E-state index contributed by atoms with van der Waals surface area (Å²) in [6.45, 7) is 2.70. The molecule has 1 aliphatic heterocycles. The van der Waals surface area contributed by atoms with Crippen LogP contribution in [-0.4, -0.2) is 56.0 Å². The molecule has 6 nitrogen and oxygen atoms in total. The number of piperazine rings is 1. The van der Waals surface area contributed by atoms with E-state index in [-0.39, 0.29) is 31.2 Å². The molecule has 1 heterocycles. The Kier molecular flexibility index (Phi) is 6.77. The molecule has 29 heavy (non-hydrogen) atoms. The first-order valence-electron chi connectivity index (χ1n) is 9.50. The van der Waals surface area contributed by atoms with E-state index >= 15 is 0 Å². The zero-order chi connectivity index (χ0) is 20.8. The number of hydrogen-bond donors (Lipinski definition) is 1. The van der Waals surface area contributed by atoms with E-state index < -0.39 is 11.7 Å². The average Bonchev–Trinajstić information content (AvgIpc) is 2.70. The molecule has 2 N–H and O–H groups in total. The minimum Gasteiger partial charge on any atom is -0.370 e. The van der Waals surface area contributed by atoms with Crippen molar-refractivity contribution in [3.8, 4) is 0 Å². The highest BCUT2D eigenvalue weighted by Crippen LogP contribution is 2.21. The molecular weight excluding hydrogens is 378 g/mol. The van der Waals surface area contributed by atoms with Crippen LogP contribution in [0.2, 0.25) is 0 Å². The molecule has 2 amide bonds. The Morgan fingerprint density at radius 3 is 2.24 bits per heavy atom. The van der Waals surface area contributed by atoms with Crippen LogP contribution >= 0.6 is 0 Å². The van der Waals surface area contributed by atoms with E-state index in [2.05, 4.69) is 0 Å². The summed E-state index contributed by atoms with van der Waals surface area (Å²) < 4.78 is 27.2. The Balaban J connectivity index is 1.61. The fourth-order valence-electron chi connectivity index (χ4n) is 3.37. The summed E-state index contributed by atoms with van der Waals surface area (Å²) in [5.41, 5.74) is 6.31. The number of halogens is 2. The van der Waals surface area contributed by atoms with Crippen LogP contribution in [0.4, 0.5) is 20.2 Å². The summed E-state index contributed by atoms with van der Waals surface area (Å²) in [5, 5.41) is 0. The summed E-state index contributed by atoms with van der Waals surface area (Å²) in [7, 11) is 0. The number of carbonyl (C=O) groups is 2. The van der Waals surface area contributed by atoms with Crippen molar-refractivity contribution in [2.24, 2.45) is 5.73 Å². The van der Waals surface area contributed by atoms with Crippen LogP contribution in [0.25, 0.3) is 0 Å². The second-order valence-corrected chi connectivity index (χ2v) is 6.95. The predicted octanol–water partition coefficient (Wildman–Crippen LogP) is 2.00. The third-order valence-electron chi connectivity index (χ3n) is 4.95. The van der Waals surface area contributed by atoms with Crippen molar-refractivity contribution in [3.05, 3.63) is 60.2 Å². The monoisotopic (exact) mass is 402 g/mol. The molecule has 0 spiro atoms. The van der Waals surface area contributed by atoms with Gasteiger partial charge in [0.15, 0.2) is 0 Å². The van der Waals surface area contributed by atoms with Crippen molar-refractivity contribution in [3.63, 3.8) is 0 Å². The average molecular weight is 402 g/mol. The van der Waals surface area contributed by atoms with Crippen molar-refractivity contribution in [1.29, 1.82) is 0 Å². The molecule has 0 unspecified atom stereocenters. The van der Waals surface area contributed by atoms with Gasteiger partial charge in [-0.05, 0) is 36.4 Å². The lowest BCUT2D eigenvalue weighted by Gasteiger charge is -2.36. The summed E-state index contributed by atoms with van der Waals surface area (Å²) >= 11 is 0. The van der Waals surface area contributed by atoms with Crippen molar-refractivity contribution in [1.82, 2.24) is 4.90 Å². The Morgan fingerprint density at radius 1 is 0.966 bits per heavy atom. The smallest absolute Gasteiger partial charge is 0.241 e. The van der Waals surface area contributed by atoms with Crippen molar-refractivity contribution < 1.29 is 18.4 Å². The van der Waals surface area contributed by atoms with Gasteiger partial charge in [-0.15, -0.1) is 0 Å². The predicted molar refractivity (Wildman–Crippen MR) is 108 cm³/mol. The lowest BCUT2D eigenvalue weighted by molar-refractivity contribution is -0.120. The quantitative estimate of drug-likeness (QED) is 0.769. The van der Waals surface area contributed by atoms with E-state index in [1.807, 2.05) is 9.80 Å². The molecular formula is C21H24F2N4O2. The molecule has 3 rings (SSSR count). The lowest BCUT2D eigenvalue weighted by atomic mass is 10.2. The number of para-hydroxylation sites is 1. The highest BCUT2D eigenvalue weighted by atomic mass is 19.1. The normalized spacial score (nSPS) is 14.6. The van der Waals surface area contributed by atoms with Crippen LogP contribution in [0.3, 0.4) is 0 Å². The molecule has 8 heteroatoms. The highest BCUT2D eigenvalue weighted by Gasteiger charge is 2.24. The maximum absolute atomic E-state index is 14.0. The van der Waals surface area contributed by atoms with E-state index in [9.17, 15) is 18.4 Å². The van der Waals surface area contributed by atoms with Gasteiger partial charge in [-0.2, -0.15) is 0 Å². The molecule has 0 aromatic heterocycles. The van der Waals surface area contributed by atoms with Crippen molar-refractivity contribution >= 4 is 23.2 Å². The van der Waals surface area contributed by atoms with Gasteiger partial charge < -0.3 is 15.5 Å². The first-order valence-corrected chi connectivity index (χ1v) is 9.50. The molecule has 0 bridgehead atoms. The van der Waals surface area contributed by atoms with Gasteiger partial charge in [0.1, 0.15) is 11.6 Å². The molecule has 154 valence electrons. The van der Waals surface area contributed by atoms with Gasteiger partial charge in [-0.25, -0.2) is 8.78 Å². The number of benzene rings is 2. The van der Waals surface area contributed by atoms with Gasteiger partial charge in [0.25, 0.3) is 0 Å². The number of carbonyl (C=O) groups excluding carboxylic acids is 2. The zero-order valence-corrected chi connectivity index (χ0v) is 16.1. The fourth-order valence-corrected chi connectivity index (χ4v) is 3.37. The maximum Gasteiger partial charge on any atom is 0.241 e.